The van der Waals surface area contributed by atoms with Gasteiger partial charge in [0.2, 0.25) is 0 Å². The van der Waals surface area contributed by atoms with E-state index < -0.39 is 47.9 Å². The predicted octanol–water partition coefficient (Wildman–Crippen LogP) is 2.55. The molecule has 3 atom stereocenters. The summed E-state index contributed by atoms with van der Waals surface area (Å²) in [5.74, 6) is -2.66. The van der Waals surface area contributed by atoms with Crippen LogP contribution in [0.4, 0.5) is 19.3 Å². The molecule has 1 saturated heterocycles. The maximum absolute atomic E-state index is 15.0. The minimum atomic E-state index is -0.948. The lowest BCUT2D eigenvalue weighted by molar-refractivity contribution is -0.157. The third kappa shape index (κ3) is 5.02. The fourth-order valence-corrected chi connectivity index (χ4v) is 4.14. The first-order valence-corrected chi connectivity index (χ1v) is 10.9. The highest BCUT2D eigenvalue weighted by Gasteiger charge is 2.38. The van der Waals surface area contributed by atoms with E-state index in [-0.39, 0.29) is 37.3 Å². The van der Waals surface area contributed by atoms with Crippen LogP contribution in [0.3, 0.4) is 0 Å². The van der Waals surface area contributed by atoms with Gasteiger partial charge in [-0.2, -0.15) is 0 Å². The standard InChI is InChI=1S/C23H24F2N4O6/c1-12(34-13(2)30)22(31)28-6-3-14(4-7-28)20-16(24)9-15(10-17(20)25)29-11-19(35-23(29)32)21(26)18-5-8-33-27-18/h3,5,8-10,12,19,21H,4,6-7,11,26H2,1-2H3/t12-,19?,21?/m0/s1. The van der Waals surface area contributed by atoms with E-state index in [1.54, 1.807) is 12.1 Å². The number of cyclic esters (lactones) is 1. The van der Waals surface area contributed by atoms with Crippen molar-refractivity contribution in [2.45, 2.75) is 38.5 Å². The van der Waals surface area contributed by atoms with Crippen LogP contribution in [-0.4, -0.2) is 59.9 Å². The van der Waals surface area contributed by atoms with Crippen molar-refractivity contribution < 1.29 is 37.2 Å². The number of carbonyl (C=O) groups excluding carboxylic acids is 3. The first-order chi connectivity index (χ1) is 16.7. The predicted molar refractivity (Wildman–Crippen MR) is 118 cm³/mol. The molecule has 2 aliphatic heterocycles. The molecule has 12 heteroatoms. The van der Waals surface area contributed by atoms with E-state index in [4.69, 9.17) is 19.7 Å². The van der Waals surface area contributed by atoms with Crippen LogP contribution >= 0.6 is 0 Å². The number of aromatic nitrogens is 1. The Bertz CT molecular complexity index is 1150. The Morgan fingerprint density at radius 3 is 2.57 bits per heavy atom. The lowest BCUT2D eigenvalue weighted by Gasteiger charge is -2.29. The highest BCUT2D eigenvalue weighted by atomic mass is 19.1. The summed E-state index contributed by atoms with van der Waals surface area (Å²) < 4.78 is 45.0. The van der Waals surface area contributed by atoms with Crippen LogP contribution in [0.5, 0.6) is 0 Å². The number of rotatable bonds is 6. The van der Waals surface area contributed by atoms with Crippen molar-refractivity contribution in [3.8, 4) is 0 Å². The van der Waals surface area contributed by atoms with Crippen LogP contribution < -0.4 is 10.6 Å². The molecule has 0 bridgehead atoms. The Kier molecular flexibility index (Phi) is 6.83. The molecular weight excluding hydrogens is 466 g/mol. The molecule has 1 aromatic heterocycles. The normalized spacial score (nSPS) is 19.7. The molecule has 2 aliphatic rings. The van der Waals surface area contributed by atoms with E-state index >= 15 is 8.78 Å². The summed E-state index contributed by atoms with van der Waals surface area (Å²) in [4.78, 5) is 38.4. The molecule has 0 saturated carbocycles. The van der Waals surface area contributed by atoms with Crippen molar-refractivity contribution in [3.05, 3.63) is 53.4 Å². The lowest BCUT2D eigenvalue weighted by Crippen LogP contribution is -2.42. The van der Waals surface area contributed by atoms with Gasteiger partial charge in [-0.1, -0.05) is 11.2 Å². The Balaban J connectivity index is 1.48. The molecule has 1 fully saturated rings. The molecule has 0 radical (unpaired) electrons. The molecule has 10 nitrogen and oxygen atoms in total. The molecule has 4 rings (SSSR count). The Morgan fingerprint density at radius 2 is 2.00 bits per heavy atom. The number of carbonyl (C=O) groups is 3. The zero-order valence-corrected chi connectivity index (χ0v) is 19.1. The first-order valence-electron chi connectivity index (χ1n) is 10.9. The van der Waals surface area contributed by atoms with Crippen LogP contribution in [0.2, 0.25) is 0 Å². The molecule has 2 aromatic rings. The van der Waals surface area contributed by atoms with Crippen LogP contribution in [0.25, 0.3) is 5.57 Å². The highest BCUT2D eigenvalue weighted by Crippen LogP contribution is 2.33. The van der Waals surface area contributed by atoms with Crippen LogP contribution in [0.1, 0.15) is 37.6 Å². The smallest absolute Gasteiger partial charge is 0.414 e. The van der Waals surface area contributed by atoms with Gasteiger partial charge in [0, 0.05) is 31.6 Å². The number of hydrogen-bond donors (Lipinski definition) is 1. The molecule has 0 spiro atoms. The SMILES string of the molecule is CC(=O)O[C@@H](C)C(=O)N1CC=C(c2c(F)cc(N3CC(C(N)c4ccon4)OC3=O)cc2F)CC1. The van der Waals surface area contributed by atoms with Crippen LogP contribution in [-0.2, 0) is 19.1 Å². The third-order valence-electron chi connectivity index (χ3n) is 5.91. The zero-order valence-electron chi connectivity index (χ0n) is 19.1. The summed E-state index contributed by atoms with van der Waals surface area (Å²) >= 11 is 0. The third-order valence-corrected chi connectivity index (χ3v) is 5.91. The van der Waals surface area contributed by atoms with Crippen LogP contribution in [0, 0.1) is 11.6 Å². The largest absolute Gasteiger partial charge is 0.453 e. The number of ether oxygens (including phenoxy) is 2. The number of anilines is 1. The quantitative estimate of drug-likeness (QED) is 0.612. The molecule has 3 heterocycles. The number of nitrogens with zero attached hydrogens (tertiary/aromatic N) is 3. The van der Waals surface area contributed by atoms with E-state index in [0.29, 0.717) is 11.3 Å². The van der Waals surface area contributed by atoms with Crippen molar-refractivity contribution in [1.29, 1.82) is 0 Å². The second-order valence-electron chi connectivity index (χ2n) is 8.28. The molecule has 1 aromatic carbocycles. The van der Waals surface area contributed by atoms with Gasteiger partial charge in [0.25, 0.3) is 5.91 Å². The topological polar surface area (TPSA) is 128 Å². The average molecular weight is 490 g/mol. The molecule has 186 valence electrons. The number of halogens is 2. The molecule has 2 amide bonds. The monoisotopic (exact) mass is 490 g/mol. The second kappa shape index (κ2) is 9.82. The molecule has 2 N–H and O–H groups in total. The second-order valence-corrected chi connectivity index (χ2v) is 8.28. The number of esters is 1. The summed E-state index contributed by atoms with van der Waals surface area (Å²) in [5.41, 5.74) is 6.62. The molecule has 2 unspecified atom stereocenters. The van der Waals surface area contributed by atoms with E-state index in [9.17, 15) is 14.4 Å². The van der Waals surface area contributed by atoms with Crippen molar-refractivity contribution >= 4 is 29.2 Å². The zero-order chi connectivity index (χ0) is 25.3. The summed E-state index contributed by atoms with van der Waals surface area (Å²) in [6.07, 6.45) is 0.581. The molecule has 35 heavy (non-hydrogen) atoms. The van der Waals surface area contributed by atoms with E-state index in [0.717, 1.165) is 17.0 Å². The van der Waals surface area contributed by atoms with Gasteiger partial charge in [-0.05, 0) is 31.1 Å². The Morgan fingerprint density at radius 1 is 1.29 bits per heavy atom. The number of benzene rings is 1. The van der Waals surface area contributed by atoms with Gasteiger partial charge in [0.05, 0.1) is 18.3 Å². The molecule has 0 aliphatic carbocycles. The Labute approximate surface area is 199 Å². The lowest BCUT2D eigenvalue weighted by atomic mass is 9.97. The van der Waals surface area contributed by atoms with Gasteiger partial charge >= 0.3 is 12.1 Å². The summed E-state index contributed by atoms with van der Waals surface area (Å²) in [5, 5.41) is 3.73. The van der Waals surface area contributed by atoms with Gasteiger partial charge in [0.15, 0.2) is 6.10 Å². The first kappa shape index (κ1) is 24.3. The van der Waals surface area contributed by atoms with E-state index in [1.165, 1.54) is 25.0 Å². The maximum Gasteiger partial charge on any atom is 0.414 e. The van der Waals surface area contributed by atoms with Crippen molar-refractivity contribution in [2.75, 3.05) is 24.5 Å². The van der Waals surface area contributed by atoms with Crippen LogP contribution in [0.15, 0.2) is 35.1 Å². The van der Waals surface area contributed by atoms with Crippen molar-refractivity contribution in [2.24, 2.45) is 5.73 Å². The van der Waals surface area contributed by atoms with Gasteiger partial charge in [-0.3, -0.25) is 14.5 Å². The van der Waals surface area contributed by atoms with Gasteiger partial charge in [-0.15, -0.1) is 0 Å². The number of hydrogen-bond acceptors (Lipinski definition) is 8. The Hall–Kier alpha value is -3.80. The van der Waals surface area contributed by atoms with E-state index in [1.807, 2.05) is 0 Å². The van der Waals surface area contributed by atoms with Gasteiger partial charge in [-0.25, -0.2) is 13.6 Å². The summed E-state index contributed by atoms with van der Waals surface area (Å²) in [6, 6.07) is 2.90. The van der Waals surface area contributed by atoms with Crippen molar-refractivity contribution in [1.82, 2.24) is 10.1 Å². The summed E-state index contributed by atoms with van der Waals surface area (Å²) in [6.45, 7) is 2.97. The maximum atomic E-state index is 15.0. The fourth-order valence-electron chi connectivity index (χ4n) is 4.14. The fraction of sp³-hybridized carbons (Fsp3) is 0.391. The number of nitrogens with two attached hydrogens (primary N) is 1. The van der Waals surface area contributed by atoms with E-state index in [2.05, 4.69) is 5.16 Å². The van der Waals surface area contributed by atoms with Gasteiger partial charge < -0.3 is 24.6 Å². The average Bonchev–Trinajstić information content (AvgIpc) is 3.48. The summed E-state index contributed by atoms with van der Waals surface area (Å²) in [7, 11) is 0. The van der Waals surface area contributed by atoms with Crippen molar-refractivity contribution in [3.63, 3.8) is 0 Å². The highest BCUT2D eigenvalue weighted by molar-refractivity contribution is 5.90. The minimum Gasteiger partial charge on any atom is -0.453 e. The number of amides is 2. The molecular formula is C23H24F2N4O6. The minimum absolute atomic E-state index is 0.00739. The van der Waals surface area contributed by atoms with Gasteiger partial charge in [0.1, 0.15) is 29.7 Å².